The molecule has 1 aliphatic carbocycles. The summed E-state index contributed by atoms with van der Waals surface area (Å²) in [6.07, 6.45) is 6.16. The third-order valence-corrected chi connectivity index (χ3v) is 3.52. The summed E-state index contributed by atoms with van der Waals surface area (Å²) >= 11 is 0. The molecule has 0 N–H and O–H groups in total. The molecule has 0 bridgehead atoms. The van der Waals surface area contributed by atoms with Gasteiger partial charge in [-0.15, -0.1) is 0 Å². The molecular weight excluding hydrogens is 184 g/mol. The molecule has 0 aliphatic heterocycles. The molecule has 0 aromatic heterocycles. The van der Waals surface area contributed by atoms with Crippen LogP contribution in [0.15, 0.2) is 24.3 Å². The van der Waals surface area contributed by atoms with E-state index >= 15 is 0 Å². The normalized spacial score (nSPS) is 19.0. The smallest absolute Gasteiger partial charge is 0.127 e. The minimum absolute atomic E-state index is 0.132. The van der Waals surface area contributed by atoms with Crippen molar-refractivity contribution < 1.29 is 4.79 Å². The van der Waals surface area contributed by atoms with E-state index in [4.69, 9.17) is 0 Å². The van der Waals surface area contributed by atoms with Crippen molar-refractivity contribution in [2.75, 3.05) is 0 Å². The van der Waals surface area contributed by atoms with Gasteiger partial charge in [-0.1, -0.05) is 42.7 Å². The van der Waals surface area contributed by atoms with Gasteiger partial charge in [0.2, 0.25) is 0 Å². The monoisotopic (exact) mass is 202 g/mol. The van der Waals surface area contributed by atoms with Crippen molar-refractivity contribution in [3.63, 3.8) is 0 Å². The second-order valence-corrected chi connectivity index (χ2v) is 4.62. The minimum Gasteiger partial charge on any atom is -0.303 e. The standard InChI is InChI=1S/C14H18O/c1-11-6-8-13(9-7-11)14(10-15)12-4-2-3-5-12/h6-10,12,14H,2-5H2,1H3. The molecule has 1 aromatic carbocycles. The van der Waals surface area contributed by atoms with Crippen LogP contribution in [0.4, 0.5) is 0 Å². The van der Waals surface area contributed by atoms with Crippen LogP contribution in [0.25, 0.3) is 0 Å². The highest BCUT2D eigenvalue weighted by Gasteiger charge is 2.25. The highest BCUT2D eigenvalue weighted by Crippen LogP contribution is 2.36. The second-order valence-electron chi connectivity index (χ2n) is 4.62. The van der Waals surface area contributed by atoms with Crippen molar-refractivity contribution >= 4 is 6.29 Å². The van der Waals surface area contributed by atoms with Gasteiger partial charge in [0.05, 0.1) is 0 Å². The third-order valence-electron chi connectivity index (χ3n) is 3.52. The molecular formula is C14H18O. The quantitative estimate of drug-likeness (QED) is 0.686. The van der Waals surface area contributed by atoms with Crippen molar-refractivity contribution in [3.8, 4) is 0 Å². The van der Waals surface area contributed by atoms with Crippen LogP contribution in [0.1, 0.15) is 42.7 Å². The Kier molecular flexibility index (Phi) is 3.20. The predicted octanol–water partition coefficient (Wildman–Crippen LogP) is 3.47. The van der Waals surface area contributed by atoms with E-state index in [1.54, 1.807) is 0 Å². The average Bonchev–Trinajstić information content (AvgIpc) is 2.75. The van der Waals surface area contributed by atoms with Gasteiger partial charge in [-0.05, 0) is 31.2 Å². The van der Waals surface area contributed by atoms with Crippen LogP contribution in [-0.4, -0.2) is 6.29 Å². The first-order chi connectivity index (χ1) is 7.31. The van der Waals surface area contributed by atoms with Gasteiger partial charge in [-0.2, -0.15) is 0 Å². The number of aryl methyl sites for hydroxylation is 1. The summed E-state index contributed by atoms with van der Waals surface area (Å²) < 4.78 is 0. The number of rotatable bonds is 3. The molecule has 1 aromatic rings. The van der Waals surface area contributed by atoms with E-state index in [0.717, 1.165) is 6.29 Å². The van der Waals surface area contributed by atoms with Crippen molar-refractivity contribution in [3.05, 3.63) is 35.4 Å². The molecule has 0 saturated heterocycles. The fourth-order valence-electron chi connectivity index (χ4n) is 2.57. The predicted molar refractivity (Wildman–Crippen MR) is 61.9 cm³/mol. The van der Waals surface area contributed by atoms with Gasteiger partial charge < -0.3 is 4.79 Å². The fourth-order valence-corrected chi connectivity index (χ4v) is 2.57. The molecule has 1 unspecified atom stereocenters. The SMILES string of the molecule is Cc1ccc(C(C=O)C2CCCC2)cc1. The van der Waals surface area contributed by atoms with Crippen molar-refractivity contribution in [2.24, 2.45) is 5.92 Å². The van der Waals surface area contributed by atoms with Crippen LogP contribution in [-0.2, 0) is 4.79 Å². The Bertz CT molecular complexity index is 320. The number of carbonyl (C=O) groups excluding carboxylic acids is 1. The first kappa shape index (κ1) is 10.4. The van der Waals surface area contributed by atoms with E-state index in [1.807, 2.05) is 0 Å². The van der Waals surface area contributed by atoms with Crippen LogP contribution in [0.5, 0.6) is 0 Å². The number of hydrogen-bond donors (Lipinski definition) is 0. The number of carbonyl (C=O) groups is 1. The highest BCUT2D eigenvalue weighted by molar-refractivity contribution is 5.62. The van der Waals surface area contributed by atoms with Crippen molar-refractivity contribution in [2.45, 2.75) is 38.5 Å². The van der Waals surface area contributed by atoms with Gasteiger partial charge in [0.25, 0.3) is 0 Å². The number of hydrogen-bond acceptors (Lipinski definition) is 1. The summed E-state index contributed by atoms with van der Waals surface area (Å²) in [7, 11) is 0. The molecule has 0 radical (unpaired) electrons. The molecule has 15 heavy (non-hydrogen) atoms. The molecule has 1 heteroatoms. The molecule has 80 valence electrons. The lowest BCUT2D eigenvalue weighted by Gasteiger charge is -2.17. The van der Waals surface area contributed by atoms with E-state index in [-0.39, 0.29) is 5.92 Å². The molecule has 1 fully saturated rings. The molecule has 2 rings (SSSR count). The van der Waals surface area contributed by atoms with Gasteiger partial charge >= 0.3 is 0 Å². The molecule has 1 atom stereocenters. The zero-order valence-corrected chi connectivity index (χ0v) is 9.28. The maximum absolute atomic E-state index is 11.2. The summed E-state index contributed by atoms with van der Waals surface area (Å²) in [4.78, 5) is 11.2. The molecule has 1 nitrogen and oxygen atoms in total. The molecule has 1 saturated carbocycles. The minimum atomic E-state index is 0.132. The van der Waals surface area contributed by atoms with E-state index < -0.39 is 0 Å². The highest BCUT2D eigenvalue weighted by atomic mass is 16.1. The first-order valence-electron chi connectivity index (χ1n) is 5.83. The lowest BCUT2D eigenvalue weighted by molar-refractivity contribution is -0.110. The molecule has 0 spiro atoms. The molecule has 0 heterocycles. The fraction of sp³-hybridized carbons (Fsp3) is 0.500. The first-order valence-corrected chi connectivity index (χ1v) is 5.83. The lowest BCUT2D eigenvalue weighted by Crippen LogP contribution is -2.11. The Labute approximate surface area is 91.5 Å². The maximum atomic E-state index is 11.2. The summed E-state index contributed by atoms with van der Waals surface area (Å²) in [5.41, 5.74) is 2.46. The Morgan fingerprint density at radius 3 is 2.33 bits per heavy atom. The van der Waals surface area contributed by atoms with Gasteiger partial charge in [0.15, 0.2) is 0 Å². The van der Waals surface area contributed by atoms with E-state index in [2.05, 4.69) is 31.2 Å². The van der Waals surface area contributed by atoms with Crippen LogP contribution < -0.4 is 0 Å². The number of aldehydes is 1. The van der Waals surface area contributed by atoms with E-state index in [9.17, 15) is 4.79 Å². The lowest BCUT2D eigenvalue weighted by atomic mass is 9.86. The summed E-state index contributed by atoms with van der Waals surface area (Å²) in [6.45, 7) is 2.08. The van der Waals surface area contributed by atoms with Crippen LogP contribution in [0, 0.1) is 12.8 Å². The van der Waals surface area contributed by atoms with E-state index in [0.29, 0.717) is 5.92 Å². The zero-order valence-electron chi connectivity index (χ0n) is 9.28. The van der Waals surface area contributed by atoms with Crippen molar-refractivity contribution in [1.82, 2.24) is 0 Å². The topological polar surface area (TPSA) is 17.1 Å². The second kappa shape index (κ2) is 4.61. The van der Waals surface area contributed by atoms with Crippen LogP contribution in [0.2, 0.25) is 0 Å². The maximum Gasteiger partial charge on any atom is 0.127 e. The largest absolute Gasteiger partial charge is 0.303 e. The van der Waals surface area contributed by atoms with Crippen molar-refractivity contribution in [1.29, 1.82) is 0 Å². The van der Waals surface area contributed by atoms with Gasteiger partial charge in [0, 0.05) is 5.92 Å². The third kappa shape index (κ3) is 2.28. The summed E-state index contributed by atoms with van der Waals surface area (Å²) in [6, 6.07) is 8.40. The van der Waals surface area contributed by atoms with E-state index in [1.165, 1.54) is 36.8 Å². The Morgan fingerprint density at radius 2 is 1.80 bits per heavy atom. The van der Waals surface area contributed by atoms with Crippen LogP contribution in [0.3, 0.4) is 0 Å². The van der Waals surface area contributed by atoms with Crippen LogP contribution >= 0.6 is 0 Å². The molecule has 1 aliphatic rings. The Morgan fingerprint density at radius 1 is 1.20 bits per heavy atom. The Balaban J connectivity index is 2.18. The van der Waals surface area contributed by atoms with Gasteiger partial charge in [-0.3, -0.25) is 0 Å². The molecule has 0 amide bonds. The summed E-state index contributed by atoms with van der Waals surface area (Å²) in [5.74, 6) is 0.721. The average molecular weight is 202 g/mol. The zero-order chi connectivity index (χ0) is 10.7. The summed E-state index contributed by atoms with van der Waals surface area (Å²) in [5, 5.41) is 0. The van der Waals surface area contributed by atoms with Gasteiger partial charge in [-0.25, -0.2) is 0 Å². The number of benzene rings is 1. The Hall–Kier alpha value is -1.11. The van der Waals surface area contributed by atoms with Gasteiger partial charge in [0.1, 0.15) is 6.29 Å².